The Kier molecular flexibility index (Phi) is 4.29. The van der Waals surface area contributed by atoms with E-state index in [2.05, 4.69) is 43.4 Å². The molecule has 2 atom stereocenters. The van der Waals surface area contributed by atoms with Crippen molar-refractivity contribution in [2.45, 2.75) is 58.0 Å². The molecule has 114 valence electrons. The normalized spacial score (nSPS) is 27.6. The first-order valence-electron chi connectivity index (χ1n) is 8.28. The van der Waals surface area contributed by atoms with Crippen LogP contribution in [0.15, 0.2) is 24.3 Å². The Hall–Kier alpha value is -1.35. The molecular weight excluding hydrogens is 260 g/mol. The van der Waals surface area contributed by atoms with Crippen LogP contribution < -0.4 is 10.2 Å². The standard InChI is InChI=1S/C18H26N2O/c1-3-20(17-8-4-13(2)5-9-17)18(21)12-14-10-15-6-7-16(11-14)19-15/h4-5,8-9,14-16,19H,3,6-7,10-12H2,1-2H3. The lowest BCUT2D eigenvalue weighted by Crippen LogP contribution is -2.40. The number of aryl methyl sites for hydroxylation is 1. The first-order chi connectivity index (χ1) is 10.2. The summed E-state index contributed by atoms with van der Waals surface area (Å²) in [6, 6.07) is 9.60. The van der Waals surface area contributed by atoms with E-state index in [0.717, 1.165) is 12.2 Å². The van der Waals surface area contributed by atoms with Gasteiger partial charge in [0.2, 0.25) is 5.91 Å². The number of nitrogens with one attached hydrogen (secondary N) is 1. The Morgan fingerprint density at radius 3 is 2.38 bits per heavy atom. The molecule has 1 amide bonds. The molecule has 0 saturated carbocycles. The average molecular weight is 286 g/mol. The van der Waals surface area contributed by atoms with Crippen LogP contribution in [0.5, 0.6) is 0 Å². The van der Waals surface area contributed by atoms with E-state index in [-0.39, 0.29) is 5.91 Å². The molecule has 0 aliphatic carbocycles. The van der Waals surface area contributed by atoms with Crippen molar-refractivity contribution in [3.05, 3.63) is 29.8 Å². The second-order valence-corrected chi connectivity index (χ2v) is 6.65. The van der Waals surface area contributed by atoms with E-state index in [0.29, 0.717) is 24.4 Å². The molecule has 0 aromatic heterocycles. The summed E-state index contributed by atoms with van der Waals surface area (Å²) >= 11 is 0. The van der Waals surface area contributed by atoms with Gasteiger partial charge in [0, 0.05) is 30.7 Å². The fraction of sp³-hybridized carbons (Fsp3) is 0.611. The summed E-state index contributed by atoms with van der Waals surface area (Å²) in [6.45, 7) is 4.89. The minimum atomic E-state index is 0.285. The topological polar surface area (TPSA) is 32.3 Å². The van der Waals surface area contributed by atoms with Gasteiger partial charge in [-0.2, -0.15) is 0 Å². The van der Waals surface area contributed by atoms with E-state index < -0.39 is 0 Å². The number of rotatable bonds is 4. The molecule has 0 radical (unpaired) electrons. The Morgan fingerprint density at radius 1 is 1.19 bits per heavy atom. The van der Waals surface area contributed by atoms with Gasteiger partial charge in [0.05, 0.1) is 0 Å². The van der Waals surface area contributed by atoms with Crippen molar-refractivity contribution in [2.24, 2.45) is 5.92 Å². The van der Waals surface area contributed by atoms with Crippen LogP contribution in [0.25, 0.3) is 0 Å². The molecule has 3 rings (SSSR count). The van der Waals surface area contributed by atoms with E-state index in [1.807, 2.05) is 4.90 Å². The monoisotopic (exact) mass is 286 g/mol. The Morgan fingerprint density at radius 2 is 1.81 bits per heavy atom. The van der Waals surface area contributed by atoms with E-state index in [1.165, 1.54) is 31.2 Å². The average Bonchev–Trinajstić information content (AvgIpc) is 2.81. The lowest BCUT2D eigenvalue weighted by atomic mass is 9.89. The van der Waals surface area contributed by atoms with Gasteiger partial charge >= 0.3 is 0 Å². The summed E-state index contributed by atoms with van der Waals surface area (Å²) in [5.41, 5.74) is 2.27. The zero-order valence-corrected chi connectivity index (χ0v) is 13.1. The van der Waals surface area contributed by atoms with Crippen LogP contribution in [0.3, 0.4) is 0 Å². The van der Waals surface area contributed by atoms with Gasteiger partial charge in [0.1, 0.15) is 0 Å². The van der Waals surface area contributed by atoms with Crippen LogP contribution in [0, 0.1) is 12.8 Å². The van der Waals surface area contributed by atoms with Crippen molar-refractivity contribution >= 4 is 11.6 Å². The van der Waals surface area contributed by atoms with Crippen LogP contribution in [0.2, 0.25) is 0 Å². The van der Waals surface area contributed by atoms with Crippen molar-refractivity contribution in [1.82, 2.24) is 5.32 Å². The number of hydrogen-bond acceptors (Lipinski definition) is 2. The number of amides is 1. The molecule has 2 fully saturated rings. The third-order valence-electron chi connectivity index (χ3n) is 5.00. The van der Waals surface area contributed by atoms with Crippen molar-refractivity contribution in [1.29, 1.82) is 0 Å². The molecule has 2 heterocycles. The van der Waals surface area contributed by atoms with Gasteiger partial charge < -0.3 is 10.2 Å². The van der Waals surface area contributed by atoms with Crippen molar-refractivity contribution in [2.75, 3.05) is 11.4 Å². The van der Waals surface area contributed by atoms with Crippen LogP contribution >= 0.6 is 0 Å². The molecule has 2 aliphatic rings. The highest BCUT2D eigenvalue weighted by molar-refractivity contribution is 5.93. The third-order valence-corrected chi connectivity index (χ3v) is 5.00. The van der Waals surface area contributed by atoms with Crippen LogP contribution in [-0.4, -0.2) is 24.5 Å². The minimum Gasteiger partial charge on any atom is -0.313 e. The lowest BCUT2D eigenvalue weighted by Gasteiger charge is -2.30. The molecule has 21 heavy (non-hydrogen) atoms. The van der Waals surface area contributed by atoms with E-state index in [9.17, 15) is 4.79 Å². The molecule has 3 heteroatoms. The SMILES string of the molecule is CCN(C(=O)CC1CC2CCC(C1)N2)c1ccc(C)cc1. The molecule has 2 saturated heterocycles. The zero-order chi connectivity index (χ0) is 14.8. The molecule has 0 spiro atoms. The maximum atomic E-state index is 12.7. The van der Waals surface area contributed by atoms with Crippen molar-refractivity contribution < 1.29 is 4.79 Å². The van der Waals surface area contributed by atoms with Crippen LogP contribution in [0.1, 0.15) is 44.6 Å². The van der Waals surface area contributed by atoms with Gasteiger partial charge in [-0.1, -0.05) is 17.7 Å². The molecule has 1 N–H and O–H groups in total. The predicted molar refractivity (Wildman–Crippen MR) is 86.5 cm³/mol. The summed E-state index contributed by atoms with van der Waals surface area (Å²) in [5, 5.41) is 3.65. The molecule has 1 aromatic carbocycles. The van der Waals surface area contributed by atoms with Gasteiger partial charge in [-0.15, -0.1) is 0 Å². The molecule has 2 unspecified atom stereocenters. The number of carbonyl (C=O) groups excluding carboxylic acids is 1. The van der Waals surface area contributed by atoms with Gasteiger partial charge in [0.15, 0.2) is 0 Å². The second kappa shape index (κ2) is 6.18. The maximum absolute atomic E-state index is 12.7. The fourth-order valence-corrected chi connectivity index (χ4v) is 3.93. The molecule has 2 bridgehead atoms. The summed E-state index contributed by atoms with van der Waals surface area (Å²) in [5.74, 6) is 0.850. The summed E-state index contributed by atoms with van der Waals surface area (Å²) < 4.78 is 0. The number of hydrogen-bond donors (Lipinski definition) is 1. The van der Waals surface area contributed by atoms with Crippen molar-refractivity contribution in [3.63, 3.8) is 0 Å². The number of carbonyl (C=O) groups is 1. The Labute approximate surface area is 127 Å². The number of nitrogens with zero attached hydrogens (tertiary/aromatic N) is 1. The summed E-state index contributed by atoms with van der Waals surface area (Å²) in [7, 11) is 0. The largest absolute Gasteiger partial charge is 0.313 e. The number of benzene rings is 1. The Balaban J connectivity index is 1.64. The fourth-order valence-electron chi connectivity index (χ4n) is 3.93. The van der Waals surface area contributed by atoms with Crippen LogP contribution in [-0.2, 0) is 4.79 Å². The smallest absolute Gasteiger partial charge is 0.227 e. The lowest BCUT2D eigenvalue weighted by molar-refractivity contribution is -0.119. The van der Waals surface area contributed by atoms with E-state index >= 15 is 0 Å². The minimum absolute atomic E-state index is 0.285. The zero-order valence-electron chi connectivity index (χ0n) is 13.1. The number of fused-ring (bicyclic) bond motifs is 2. The first-order valence-corrected chi connectivity index (χ1v) is 8.28. The molecule has 3 nitrogen and oxygen atoms in total. The highest BCUT2D eigenvalue weighted by Crippen LogP contribution is 2.33. The Bertz CT molecular complexity index is 484. The highest BCUT2D eigenvalue weighted by atomic mass is 16.2. The number of piperidine rings is 1. The number of anilines is 1. The van der Waals surface area contributed by atoms with Gasteiger partial charge in [-0.05, 0) is 57.6 Å². The van der Waals surface area contributed by atoms with E-state index in [4.69, 9.17) is 0 Å². The first kappa shape index (κ1) is 14.6. The highest BCUT2D eigenvalue weighted by Gasteiger charge is 2.34. The molecular formula is C18H26N2O. The van der Waals surface area contributed by atoms with Crippen LogP contribution in [0.4, 0.5) is 5.69 Å². The quantitative estimate of drug-likeness (QED) is 0.921. The van der Waals surface area contributed by atoms with Gasteiger partial charge in [-0.25, -0.2) is 0 Å². The van der Waals surface area contributed by atoms with E-state index in [1.54, 1.807) is 0 Å². The maximum Gasteiger partial charge on any atom is 0.227 e. The van der Waals surface area contributed by atoms with Gasteiger partial charge in [-0.3, -0.25) is 4.79 Å². The van der Waals surface area contributed by atoms with Crippen molar-refractivity contribution in [3.8, 4) is 0 Å². The molecule has 2 aliphatic heterocycles. The van der Waals surface area contributed by atoms with Gasteiger partial charge in [0.25, 0.3) is 0 Å². The third kappa shape index (κ3) is 3.29. The molecule has 1 aromatic rings. The predicted octanol–water partition coefficient (Wildman–Crippen LogP) is 3.27. The summed E-state index contributed by atoms with van der Waals surface area (Å²) in [4.78, 5) is 14.6. The summed E-state index contributed by atoms with van der Waals surface area (Å²) in [6.07, 6.45) is 5.65. The second-order valence-electron chi connectivity index (χ2n) is 6.65.